The molecule has 0 bridgehead atoms. The van der Waals surface area contributed by atoms with E-state index in [1.165, 1.54) is 6.26 Å². The molecule has 2 aromatic heterocycles. The van der Waals surface area contributed by atoms with Gasteiger partial charge in [0.05, 0.1) is 18.6 Å². The van der Waals surface area contributed by atoms with Gasteiger partial charge in [-0.15, -0.1) is 0 Å². The molecule has 5 heteroatoms. The van der Waals surface area contributed by atoms with Gasteiger partial charge in [-0.1, -0.05) is 42.5 Å². The van der Waals surface area contributed by atoms with Crippen molar-refractivity contribution in [3.63, 3.8) is 0 Å². The predicted octanol–water partition coefficient (Wildman–Crippen LogP) is 6.52. The topological polar surface area (TPSA) is 55.8 Å². The summed E-state index contributed by atoms with van der Waals surface area (Å²) in [6.07, 6.45) is 4.06. The summed E-state index contributed by atoms with van der Waals surface area (Å²) in [6.45, 7) is 5.02. The molecule has 1 unspecified atom stereocenters. The molecule has 0 radical (unpaired) electrons. The van der Waals surface area contributed by atoms with Gasteiger partial charge in [0.2, 0.25) is 0 Å². The largest absolute Gasteiger partial charge is 0.491 e. The van der Waals surface area contributed by atoms with Gasteiger partial charge in [-0.3, -0.25) is 4.79 Å². The standard InChI is InChI=1S/C28H29NO4/c1-21(2)33-24-14-12-22(13-15-24)20-29(28(30)27-11-7-19-32-27)17-16-25(26-10-6-18-31-26)23-8-4-3-5-9-23/h3-15,18-19,21,25H,16-17,20H2,1-2H3. The molecule has 0 fully saturated rings. The Bertz CT molecular complexity index is 1100. The second kappa shape index (κ2) is 10.7. The van der Waals surface area contributed by atoms with Crippen molar-refractivity contribution in [2.75, 3.05) is 6.54 Å². The van der Waals surface area contributed by atoms with E-state index in [0.717, 1.165) is 29.1 Å². The Labute approximate surface area is 194 Å². The number of hydrogen-bond acceptors (Lipinski definition) is 4. The third-order valence-corrected chi connectivity index (χ3v) is 5.46. The first-order valence-corrected chi connectivity index (χ1v) is 11.3. The Morgan fingerprint density at radius 3 is 2.24 bits per heavy atom. The number of carbonyl (C=O) groups excluding carboxylic acids is 1. The third kappa shape index (κ3) is 5.95. The summed E-state index contributed by atoms with van der Waals surface area (Å²) >= 11 is 0. The molecule has 5 nitrogen and oxygen atoms in total. The number of nitrogens with zero attached hydrogens (tertiary/aromatic N) is 1. The highest BCUT2D eigenvalue weighted by atomic mass is 16.5. The summed E-state index contributed by atoms with van der Waals surface area (Å²) in [4.78, 5) is 15.1. The van der Waals surface area contributed by atoms with Crippen molar-refractivity contribution in [3.05, 3.63) is 114 Å². The summed E-state index contributed by atoms with van der Waals surface area (Å²) in [5.41, 5.74) is 2.19. The van der Waals surface area contributed by atoms with Crippen LogP contribution in [0.15, 0.2) is 100 Å². The van der Waals surface area contributed by atoms with Gasteiger partial charge in [0.25, 0.3) is 5.91 Å². The Morgan fingerprint density at radius 1 is 0.879 bits per heavy atom. The molecule has 4 aromatic rings. The van der Waals surface area contributed by atoms with Crippen LogP contribution in [0.2, 0.25) is 0 Å². The van der Waals surface area contributed by atoms with Crippen molar-refractivity contribution < 1.29 is 18.4 Å². The second-order valence-electron chi connectivity index (χ2n) is 8.28. The molecule has 4 rings (SSSR count). The molecule has 0 aliphatic rings. The number of benzene rings is 2. The summed E-state index contributed by atoms with van der Waals surface area (Å²) in [7, 11) is 0. The molecule has 0 saturated carbocycles. The second-order valence-corrected chi connectivity index (χ2v) is 8.28. The van der Waals surface area contributed by atoms with Crippen LogP contribution in [0.25, 0.3) is 0 Å². The minimum Gasteiger partial charge on any atom is -0.491 e. The first-order valence-electron chi connectivity index (χ1n) is 11.3. The lowest BCUT2D eigenvalue weighted by Crippen LogP contribution is -2.32. The van der Waals surface area contributed by atoms with Crippen molar-refractivity contribution in [2.45, 2.75) is 38.8 Å². The summed E-state index contributed by atoms with van der Waals surface area (Å²) in [5.74, 6) is 1.97. The van der Waals surface area contributed by atoms with Gasteiger partial charge >= 0.3 is 0 Å². The van der Waals surface area contributed by atoms with Crippen molar-refractivity contribution in [3.8, 4) is 5.75 Å². The molecule has 170 valence electrons. The molecule has 0 saturated heterocycles. The third-order valence-electron chi connectivity index (χ3n) is 5.46. The molecule has 1 amide bonds. The van der Waals surface area contributed by atoms with E-state index in [1.54, 1.807) is 18.4 Å². The van der Waals surface area contributed by atoms with E-state index in [2.05, 4.69) is 12.1 Å². The SMILES string of the molecule is CC(C)Oc1ccc(CN(CCC(c2ccccc2)c2ccco2)C(=O)c2ccco2)cc1. The molecule has 0 aliphatic carbocycles. The molecule has 0 aliphatic heterocycles. The average molecular weight is 444 g/mol. The Morgan fingerprint density at radius 2 is 1.61 bits per heavy atom. The van der Waals surface area contributed by atoms with Gasteiger partial charge in [-0.2, -0.15) is 0 Å². The minimum absolute atomic E-state index is 0.0509. The van der Waals surface area contributed by atoms with Crippen LogP contribution in [0.3, 0.4) is 0 Å². The van der Waals surface area contributed by atoms with Crippen LogP contribution in [0, 0.1) is 0 Å². The zero-order valence-corrected chi connectivity index (χ0v) is 19.0. The number of hydrogen-bond donors (Lipinski definition) is 0. The van der Waals surface area contributed by atoms with Crippen LogP contribution in [-0.2, 0) is 6.54 Å². The summed E-state index contributed by atoms with van der Waals surface area (Å²) in [5, 5.41) is 0. The number of rotatable bonds is 10. The summed E-state index contributed by atoms with van der Waals surface area (Å²) in [6, 6.07) is 25.5. The lowest BCUT2D eigenvalue weighted by Gasteiger charge is -2.25. The van der Waals surface area contributed by atoms with E-state index in [4.69, 9.17) is 13.6 Å². The van der Waals surface area contributed by atoms with Crippen molar-refractivity contribution in [1.82, 2.24) is 4.90 Å². The van der Waals surface area contributed by atoms with E-state index in [9.17, 15) is 4.79 Å². The Balaban J connectivity index is 1.54. The fraction of sp³-hybridized carbons (Fsp3) is 0.250. The van der Waals surface area contributed by atoms with E-state index in [0.29, 0.717) is 18.8 Å². The highest BCUT2D eigenvalue weighted by Gasteiger charge is 2.23. The molecule has 1 atom stereocenters. The van der Waals surface area contributed by atoms with Gasteiger partial charge in [-0.05, 0) is 67.8 Å². The van der Waals surface area contributed by atoms with Crippen LogP contribution in [-0.4, -0.2) is 23.5 Å². The molecule has 33 heavy (non-hydrogen) atoms. The highest BCUT2D eigenvalue weighted by molar-refractivity contribution is 5.91. The fourth-order valence-electron chi connectivity index (χ4n) is 3.91. The number of furan rings is 2. The van der Waals surface area contributed by atoms with Crippen LogP contribution in [0.5, 0.6) is 5.75 Å². The normalized spacial score (nSPS) is 12.0. The van der Waals surface area contributed by atoms with Gasteiger partial charge in [0.1, 0.15) is 11.5 Å². The lowest BCUT2D eigenvalue weighted by molar-refractivity contribution is 0.0706. The van der Waals surface area contributed by atoms with E-state index < -0.39 is 0 Å². The van der Waals surface area contributed by atoms with Crippen molar-refractivity contribution in [2.24, 2.45) is 0 Å². The minimum atomic E-state index is -0.131. The zero-order valence-electron chi connectivity index (χ0n) is 19.0. The number of carbonyl (C=O) groups is 1. The summed E-state index contributed by atoms with van der Waals surface area (Å²) < 4.78 is 16.9. The Hall–Kier alpha value is -3.73. The predicted molar refractivity (Wildman–Crippen MR) is 127 cm³/mol. The van der Waals surface area contributed by atoms with Crippen LogP contribution in [0.4, 0.5) is 0 Å². The lowest BCUT2D eigenvalue weighted by atomic mass is 9.93. The van der Waals surface area contributed by atoms with E-state index in [-0.39, 0.29) is 17.9 Å². The maximum atomic E-state index is 13.2. The molecule has 2 heterocycles. The highest BCUT2D eigenvalue weighted by Crippen LogP contribution is 2.29. The first kappa shape index (κ1) is 22.5. The maximum Gasteiger partial charge on any atom is 0.289 e. The first-order chi connectivity index (χ1) is 16.1. The molecule has 0 spiro atoms. The van der Waals surface area contributed by atoms with E-state index >= 15 is 0 Å². The van der Waals surface area contributed by atoms with Gasteiger partial charge in [0, 0.05) is 19.0 Å². The van der Waals surface area contributed by atoms with Crippen molar-refractivity contribution in [1.29, 1.82) is 0 Å². The molecular weight excluding hydrogens is 414 g/mol. The monoisotopic (exact) mass is 443 g/mol. The van der Waals surface area contributed by atoms with Crippen molar-refractivity contribution >= 4 is 5.91 Å². The van der Waals surface area contributed by atoms with Gasteiger partial charge in [0.15, 0.2) is 5.76 Å². The maximum absolute atomic E-state index is 13.2. The fourth-order valence-corrected chi connectivity index (χ4v) is 3.91. The van der Waals surface area contributed by atoms with E-state index in [1.807, 2.05) is 73.3 Å². The van der Waals surface area contributed by atoms with Gasteiger partial charge < -0.3 is 18.5 Å². The Kier molecular flexibility index (Phi) is 7.30. The average Bonchev–Trinajstić information content (AvgIpc) is 3.54. The molecule has 2 aromatic carbocycles. The van der Waals surface area contributed by atoms with Crippen LogP contribution < -0.4 is 4.74 Å². The number of amides is 1. The van der Waals surface area contributed by atoms with Crippen LogP contribution >= 0.6 is 0 Å². The van der Waals surface area contributed by atoms with Crippen LogP contribution in [0.1, 0.15) is 53.6 Å². The molecular formula is C28H29NO4. The smallest absolute Gasteiger partial charge is 0.289 e. The quantitative estimate of drug-likeness (QED) is 0.280. The number of ether oxygens (including phenoxy) is 1. The van der Waals surface area contributed by atoms with Gasteiger partial charge in [-0.25, -0.2) is 0 Å². The molecule has 0 N–H and O–H groups in total. The zero-order chi connectivity index (χ0) is 23.0.